The molecule has 0 spiro atoms. The maximum atomic E-state index is 10.7. The van der Waals surface area contributed by atoms with Crippen LogP contribution in [0.4, 0.5) is 0 Å². The highest BCUT2D eigenvalue weighted by molar-refractivity contribution is 5.78. The number of ether oxygens (including phenoxy) is 1. The van der Waals surface area contributed by atoms with E-state index in [-0.39, 0.29) is 6.10 Å². The van der Waals surface area contributed by atoms with Crippen LogP contribution < -0.4 is 4.74 Å². The van der Waals surface area contributed by atoms with Gasteiger partial charge in [-0.15, -0.1) is 0 Å². The van der Waals surface area contributed by atoms with E-state index in [1.165, 1.54) is 0 Å². The molecule has 76 valence electrons. The van der Waals surface area contributed by atoms with Gasteiger partial charge in [-0.1, -0.05) is 0 Å². The lowest BCUT2D eigenvalue weighted by molar-refractivity contribution is 0.112. The molecule has 0 aliphatic rings. The summed E-state index contributed by atoms with van der Waals surface area (Å²) in [5.74, 6) is 0.864. The van der Waals surface area contributed by atoms with E-state index in [1.54, 1.807) is 6.07 Å². The van der Waals surface area contributed by atoms with Gasteiger partial charge in [-0.3, -0.25) is 4.79 Å². The Labute approximate surface area is 84.9 Å². The van der Waals surface area contributed by atoms with E-state index in [2.05, 4.69) is 0 Å². The molecule has 0 radical (unpaired) electrons. The van der Waals surface area contributed by atoms with Crippen molar-refractivity contribution >= 4 is 6.29 Å². The lowest BCUT2D eigenvalue weighted by Crippen LogP contribution is -2.07. The summed E-state index contributed by atoms with van der Waals surface area (Å²) in [5, 5.41) is 0. The minimum atomic E-state index is 0.162. The number of benzene rings is 1. The number of carbonyl (C=O) groups excluding carboxylic acids is 1. The highest BCUT2D eigenvalue weighted by Gasteiger charge is 2.07. The minimum absolute atomic E-state index is 0.162. The van der Waals surface area contributed by atoms with Gasteiger partial charge in [-0.2, -0.15) is 0 Å². The van der Waals surface area contributed by atoms with Gasteiger partial charge in [-0.25, -0.2) is 0 Å². The standard InChI is InChI=1S/C12H16O2/c1-8(2)14-12-6-5-11(7-13)9(3)10(12)4/h5-8H,1-4H3. The van der Waals surface area contributed by atoms with E-state index in [1.807, 2.05) is 33.8 Å². The van der Waals surface area contributed by atoms with Gasteiger partial charge in [-0.05, 0) is 51.0 Å². The smallest absolute Gasteiger partial charge is 0.150 e. The Kier molecular flexibility index (Phi) is 3.28. The Hall–Kier alpha value is -1.31. The van der Waals surface area contributed by atoms with Crippen molar-refractivity contribution in [2.75, 3.05) is 0 Å². The summed E-state index contributed by atoms with van der Waals surface area (Å²) in [5.41, 5.74) is 2.78. The molecule has 0 bridgehead atoms. The fourth-order valence-electron chi connectivity index (χ4n) is 1.33. The predicted octanol–water partition coefficient (Wildman–Crippen LogP) is 2.90. The van der Waals surface area contributed by atoms with Crippen LogP contribution in [0.25, 0.3) is 0 Å². The molecule has 2 heteroatoms. The molecule has 2 nitrogen and oxygen atoms in total. The van der Waals surface area contributed by atoms with E-state index in [9.17, 15) is 4.79 Å². The predicted molar refractivity (Wildman–Crippen MR) is 57.1 cm³/mol. The first-order chi connectivity index (χ1) is 6.56. The molecular weight excluding hydrogens is 176 g/mol. The van der Waals surface area contributed by atoms with Gasteiger partial charge in [0.1, 0.15) is 12.0 Å². The van der Waals surface area contributed by atoms with Crippen LogP contribution >= 0.6 is 0 Å². The third-order valence-corrected chi connectivity index (χ3v) is 2.27. The molecule has 1 rings (SSSR count). The number of carbonyl (C=O) groups is 1. The molecule has 1 aromatic carbocycles. The van der Waals surface area contributed by atoms with Gasteiger partial charge in [0, 0.05) is 5.56 Å². The molecule has 0 saturated carbocycles. The van der Waals surface area contributed by atoms with E-state index in [0.29, 0.717) is 0 Å². The Bertz CT molecular complexity index is 340. The van der Waals surface area contributed by atoms with Gasteiger partial charge in [0.05, 0.1) is 6.10 Å². The number of hydrogen-bond acceptors (Lipinski definition) is 2. The first kappa shape index (κ1) is 10.8. The van der Waals surface area contributed by atoms with Gasteiger partial charge < -0.3 is 4.74 Å². The molecule has 0 fully saturated rings. The Balaban J connectivity index is 3.10. The SMILES string of the molecule is Cc1c(C=O)ccc(OC(C)C)c1C. The topological polar surface area (TPSA) is 26.3 Å². The van der Waals surface area contributed by atoms with E-state index >= 15 is 0 Å². The molecule has 0 aliphatic carbocycles. The Morgan fingerprint density at radius 1 is 1.21 bits per heavy atom. The van der Waals surface area contributed by atoms with Crippen molar-refractivity contribution in [2.45, 2.75) is 33.8 Å². The molecule has 1 aromatic rings. The van der Waals surface area contributed by atoms with Crippen LogP contribution in [0, 0.1) is 13.8 Å². The summed E-state index contributed by atoms with van der Waals surface area (Å²) in [6.07, 6.45) is 1.04. The normalized spacial score (nSPS) is 10.4. The second-order valence-electron chi connectivity index (χ2n) is 3.69. The first-order valence-electron chi connectivity index (χ1n) is 4.78. The van der Waals surface area contributed by atoms with Crippen LogP contribution in [-0.2, 0) is 0 Å². The highest BCUT2D eigenvalue weighted by atomic mass is 16.5. The minimum Gasteiger partial charge on any atom is -0.491 e. The molecule has 0 saturated heterocycles. The summed E-state index contributed by atoms with van der Waals surface area (Å²) in [7, 11) is 0. The fourth-order valence-corrected chi connectivity index (χ4v) is 1.33. The zero-order valence-corrected chi connectivity index (χ0v) is 9.13. The molecule has 0 atom stereocenters. The quantitative estimate of drug-likeness (QED) is 0.688. The summed E-state index contributed by atoms with van der Waals surface area (Å²) in [6.45, 7) is 7.89. The molecule has 0 unspecified atom stereocenters. The molecule has 0 N–H and O–H groups in total. The molecule has 0 aliphatic heterocycles. The lowest BCUT2D eigenvalue weighted by atomic mass is 10.0. The van der Waals surface area contributed by atoms with Crippen molar-refractivity contribution in [3.05, 3.63) is 28.8 Å². The Morgan fingerprint density at radius 2 is 1.86 bits per heavy atom. The van der Waals surface area contributed by atoms with Gasteiger partial charge >= 0.3 is 0 Å². The molecule has 0 aromatic heterocycles. The monoisotopic (exact) mass is 192 g/mol. The van der Waals surface area contributed by atoms with Crippen LogP contribution in [-0.4, -0.2) is 12.4 Å². The third-order valence-electron chi connectivity index (χ3n) is 2.27. The van der Waals surface area contributed by atoms with E-state index in [4.69, 9.17) is 4.74 Å². The van der Waals surface area contributed by atoms with Gasteiger partial charge in [0.25, 0.3) is 0 Å². The van der Waals surface area contributed by atoms with Crippen molar-refractivity contribution < 1.29 is 9.53 Å². The van der Waals surface area contributed by atoms with Crippen molar-refractivity contribution in [2.24, 2.45) is 0 Å². The zero-order chi connectivity index (χ0) is 10.7. The highest BCUT2D eigenvalue weighted by Crippen LogP contribution is 2.24. The van der Waals surface area contributed by atoms with Crippen LogP contribution in [0.3, 0.4) is 0 Å². The molecule has 14 heavy (non-hydrogen) atoms. The van der Waals surface area contributed by atoms with Gasteiger partial charge in [0.2, 0.25) is 0 Å². The van der Waals surface area contributed by atoms with Crippen molar-refractivity contribution in [3.8, 4) is 5.75 Å². The van der Waals surface area contributed by atoms with E-state index in [0.717, 1.165) is 28.7 Å². The number of hydrogen-bond donors (Lipinski definition) is 0. The largest absolute Gasteiger partial charge is 0.491 e. The van der Waals surface area contributed by atoms with Crippen LogP contribution in [0.5, 0.6) is 5.75 Å². The number of aldehydes is 1. The number of rotatable bonds is 3. The summed E-state index contributed by atoms with van der Waals surface area (Å²) in [4.78, 5) is 10.7. The summed E-state index contributed by atoms with van der Waals surface area (Å²) >= 11 is 0. The lowest BCUT2D eigenvalue weighted by Gasteiger charge is -2.14. The molecule has 0 amide bonds. The second-order valence-corrected chi connectivity index (χ2v) is 3.69. The zero-order valence-electron chi connectivity index (χ0n) is 9.13. The van der Waals surface area contributed by atoms with Crippen molar-refractivity contribution in [3.63, 3.8) is 0 Å². The summed E-state index contributed by atoms with van der Waals surface area (Å²) in [6, 6.07) is 3.65. The second kappa shape index (κ2) is 4.27. The van der Waals surface area contributed by atoms with Crippen LogP contribution in [0.15, 0.2) is 12.1 Å². The van der Waals surface area contributed by atoms with Crippen molar-refractivity contribution in [1.82, 2.24) is 0 Å². The third kappa shape index (κ3) is 2.13. The molecular formula is C12H16O2. The Morgan fingerprint density at radius 3 is 2.36 bits per heavy atom. The maximum absolute atomic E-state index is 10.7. The van der Waals surface area contributed by atoms with E-state index < -0.39 is 0 Å². The van der Waals surface area contributed by atoms with Gasteiger partial charge in [0.15, 0.2) is 0 Å². The average Bonchev–Trinajstić information content (AvgIpc) is 2.13. The van der Waals surface area contributed by atoms with Crippen molar-refractivity contribution in [1.29, 1.82) is 0 Å². The maximum Gasteiger partial charge on any atom is 0.150 e. The van der Waals surface area contributed by atoms with Crippen LogP contribution in [0.2, 0.25) is 0 Å². The fraction of sp³-hybridized carbons (Fsp3) is 0.417. The van der Waals surface area contributed by atoms with Crippen LogP contribution in [0.1, 0.15) is 35.3 Å². The average molecular weight is 192 g/mol. The first-order valence-corrected chi connectivity index (χ1v) is 4.78. The summed E-state index contributed by atoms with van der Waals surface area (Å²) < 4.78 is 5.61. The molecule has 0 heterocycles.